The zero-order valence-corrected chi connectivity index (χ0v) is 12.0. The molecule has 1 rings (SSSR count). The molecule has 94 valence electrons. The quantitative estimate of drug-likeness (QED) is 0.690. The molecule has 0 saturated heterocycles. The van der Waals surface area contributed by atoms with Crippen molar-refractivity contribution in [2.24, 2.45) is 5.73 Å². The first kappa shape index (κ1) is 14.2. The van der Waals surface area contributed by atoms with Crippen LogP contribution in [0.2, 0.25) is 0 Å². The highest BCUT2D eigenvalue weighted by Crippen LogP contribution is 2.21. The monoisotopic (exact) mass is 299 g/mol. The van der Waals surface area contributed by atoms with E-state index >= 15 is 0 Å². The van der Waals surface area contributed by atoms with Gasteiger partial charge >= 0.3 is 5.97 Å². The average molecular weight is 300 g/mol. The van der Waals surface area contributed by atoms with Crippen LogP contribution in [0.4, 0.5) is 0 Å². The van der Waals surface area contributed by atoms with Crippen LogP contribution in [0.5, 0.6) is 0 Å². The van der Waals surface area contributed by atoms with E-state index in [9.17, 15) is 4.79 Å². The van der Waals surface area contributed by atoms with Gasteiger partial charge in [-0.3, -0.25) is 0 Å². The van der Waals surface area contributed by atoms with Crippen LogP contribution in [-0.4, -0.2) is 11.6 Å². The minimum Gasteiger partial charge on any atom is -0.459 e. The predicted molar refractivity (Wildman–Crippen MR) is 71.8 cm³/mol. The van der Waals surface area contributed by atoms with Gasteiger partial charge in [-0.15, -0.1) is 0 Å². The zero-order chi connectivity index (χ0) is 13.1. The summed E-state index contributed by atoms with van der Waals surface area (Å²) in [5.74, 6) is -0.397. The van der Waals surface area contributed by atoms with Gasteiger partial charge in [-0.2, -0.15) is 0 Å². The average Bonchev–Trinajstić information content (AvgIpc) is 2.25. The summed E-state index contributed by atoms with van der Waals surface area (Å²) in [6.07, 6.45) is 0. The summed E-state index contributed by atoms with van der Waals surface area (Å²) >= 11 is 3.38. The third-order valence-corrected chi connectivity index (χ3v) is 2.80. The number of rotatable bonds is 3. The van der Waals surface area contributed by atoms with Gasteiger partial charge in [0.1, 0.15) is 11.6 Å². The molecular weight excluding hydrogens is 282 g/mol. The first-order valence-electron chi connectivity index (χ1n) is 5.47. The summed E-state index contributed by atoms with van der Waals surface area (Å²) in [6, 6.07) is 6.84. The Morgan fingerprint density at radius 3 is 2.53 bits per heavy atom. The standard InChI is InChI=1S/C13H18BrNO2/c1-13(2,3)17-12(16)11(15)10-7-5-4-6-9(10)8-14/h4-7,11H,8,15H2,1-3H3/t11-/m0/s1. The Kier molecular flexibility index (Phi) is 4.71. The number of alkyl halides is 1. The van der Waals surface area contributed by atoms with E-state index in [1.54, 1.807) is 0 Å². The molecule has 0 aliphatic heterocycles. The Morgan fingerprint density at radius 1 is 1.41 bits per heavy atom. The van der Waals surface area contributed by atoms with Crippen LogP contribution in [0.25, 0.3) is 0 Å². The second-order valence-electron chi connectivity index (χ2n) is 4.84. The molecule has 0 fully saturated rings. The molecule has 0 saturated carbocycles. The van der Waals surface area contributed by atoms with Gasteiger partial charge in [0.15, 0.2) is 0 Å². The van der Waals surface area contributed by atoms with Crippen molar-refractivity contribution >= 4 is 21.9 Å². The van der Waals surface area contributed by atoms with Crippen molar-refractivity contribution in [1.82, 2.24) is 0 Å². The molecule has 0 spiro atoms. The van der Waals surface area contributed by atoms with E-state index in [-0.39, 0.29) is 0 Å². The molecule has 1 atom stereocenters. The summed E-state index contributed by atoms with van der Waals surface area (Å²) in [6.45, 7) is 5.48. The van der Waals surface area contributed by atoms with Crippen molar-refractivity contribution < 1.29 is 9.53 Å². The lowest BCUT2D eigenvalue weighted by Crippen LogP contribution is -2.32. The fourth-order valence-corrected chi connectivity index (χ4v) is 1.96. The molecule has 0 aliphatic carbocycles. The lowest BCUT2D eigenvalue weighted by molar-refractivity contribution is -0.156. The van der Waals surface area contributed by atoms with Crippen LogP contribution in [-0.2, 0) is 14.9 Å². The molecular formula is C13H18BrNO2. The number of hydrogen-bond acceptors (Lipinski definition) is 3. The van der Waals surface area contributed by atoms with E-state index in [4.69, 9.17) is 10.5 Å². The minimum absolute atomic E-state index is 0.397. The van der Waals surface area contributed by atoms with Crippen LogP contribution in [0.3, 0.4) is 0 Å². The van der Waals surface area contributed by atoms with Gasteiger partial charge in [-0.1, -0.05) is 40.2 Å². The second-order valence-corrected chi connectivity index (χ2v) is 5.40. The number of carbonyl (C=O) groups is 1. The molecule has 0 aromatic heterocycles. The zero-order valence-electron chi connectivity index (χ0n) is 10.4. The van der Waals surface area contributed by atoms with Gasteiger partial charge in [0.2, 0.25) is 0 Å². The Balaban J connectivity index is 2.89. The number of esters is 1. The van der Waals surface area contributed by atoms with Gasteiger partial charge in [0.25, 0.3) is 0 Å². The van der Waals surface area contributed by atoms with Gasteiger partial charge in [0.05, 0.1) is 0 Å². The van der Waals surface area contributed by atoms with E-state index in [0.29, 0.717) is 5.33 Å². The summed E-state index contributed by atoms with van der Waals surface area (Å²) in [5.41, 5.74) is 7.22. The summed E-state index contributed by atoms with van der Waals surface area (Å²) in [4.78, 5) is 11.9. The maximum Gasteiger partial charge on any atom is 0.328 e. The molecule has 0 bridgehead atoms. The normalized spacial score (nSPS) is 13.2. The molecule has 2 N–H and O–H groups in total. The number of halogens is 1. The summed E-state index contributed by atoms with van der Waals surface area (Å²) < 4.78 is 5.27. The van der Waals surface area contributed by atoms with E-state index in [2.05, 4.69) is 15.9 Å². The highest BCUT2D eigenvalue weighted by molar-refractivity contribution is 9.08. The van der Waals surface area contributed by atoms with Crippen LogP contribution in [0, 0.1) is 0 Å². The fourth-order valence-electron chi connectivity index (χ4n) is 1.45. The Hall–Kier alpha value is -0.870. The van der Waals surface area contributed by atoms with Crippen molar-refractivity contribution in [3.63, 3.8) is 0 Å². The first-order chi connectivity index (χ1) is 7.85. The number of benzene rings is 1. The van der Waals surface area contributed by atoms with Gasteiger partial charge in [0, 0.05) is 5.33 Å². The maximum absolute atomic E-state index is 11.9. The smallest absolute Gasteiger partial charge is 0.328 e. The van der Waals surface area contributed by atoms with Gasteiger partial charge in [-0.25, -0.2) is 4.79 Å². The minimum atomic E-state index is -0.733. The number of carbonyl (C=O) groups excluding carboxylic acids is 1. The van der Waals surface area contributed by atoms with Crippen molar-refractivity contribution in [3.05, 3.63) is 35.4 Å². The molecule has 1 aromatic rings. The van der Waals surface area contributed by atoms with Crippen LogP contribution in [0.15, 0.2) is 24.3 Å². The largest absolute Gasteiger partial charge is 0.459 e. The van der Waals surface area contributed by atoms with Gasteiger partial charge < -0.3 is 10.5 Å². The number of ether oxygens (including phenoxy) is 1. The van der Waals surface area contributed by atoms with Crippen LogP contribution < -0.4 is 5.73 Å². The third kappa shape index (κ3) is 4.13. The molecule has 0 radical (unpaired) electrons. The molecule has 0 amide bonds. The number of hydrogen-bond donors (Lipinski definition) is 1. The topological polar surface area (TPSA) is 52.3 Å². The molecule has 17 heavy (non-hydrogen) atoms. The molecule has 0 heterocycles. The molecule has 3 nitrogen and oxygen atoms in total. The summed E-state index contributed by atoms with van der Waals surface area (Å²) in [7, 11) is 0. The second kappa shape index (κ2) is 5.65. The molecule has 1 aromatic carbocycles. The first-order valence-corrected chi connectivity index (χ1v) is 6.59. The van der Waals surface area contributed by atoms with E-state index in [1.165, 1.54) is 0 Å². The van der Waals surface area contributed by atoms with Crippen molar-refractivity contribution in [1.29, 1.82) is 0 Å². The van der Waals surface area contributed by atoms with E-state index in [1.807, 2.05) is 45.0 Å². The van der Waals surface area contributed by atoms with E-state index in [0.717, 1.165) is 11.1 Å². The van der Waals surface area contributed by atoms with Crippen LogP contribution in [0.1, 0.15) is 37.9 Å². The van der Waals surface area contributed by atoms with Crippen LogP contribution >= 0.6 is 15.9 Å². The highest BCUT2D eigenvalue weighted by atomic mass is 79.9. The predicted octanol–water partition coefficient (Wildman–Crippen LogP) is 2.92. The lowest BCUT2D eigenvalue weighted by atomic mass is 10.0. The van der Waals surface area contributed by atoms with Gasteiger partial charge in [-0.05, 0) is 31.9 Å². The third-order valence-electron chi connectivity index (χ3n) is 2.19. The molecule has 0 aliphatic rings. The SMILES string of the molecule is CC(C)(C)OC(=O)[C@@H](N)c1ccccc1CBr. The van der Waals surface area contributed by atoms with Crippen molar-refractivity contribution in [3.8, 4) is 0 Å². The highest BCUT2D eigenvalue weighted by Gasteiger charge is 2.24. The number of nitrogens with two attached hydrogens (primary N) is 1. The molecule has 0 unspecified atom stereocenters. The lowest BCUT2D eigenvalue weighted by Gasteiger charge is -2.23. The van der Waals surface area contributed by atoms with Crippen molar-refractivity contribution in [2.45, 2.75) is 37.7 Å². The maximum atomic E-state index is 11.9. The Labute approximate surface area is 110 Å². The Bertz CT molecular complexity index is 399. The fraction of sp³-hybridized carbons (Fsp3) is 0.462. The van der Waals surface area contributed by atoms with E-state index < -0.39 is 17.6 Å². The Morgan fingerprint density at radius 2 is 2.00 bits per heavy atom. The molecule has 4 heteroatoms. The summed E-state index contributed by atoms with van der Waals surface area (Å²) in [5, 5.41) is 0.666. The van der Waals surface area contributed by atoms with Crippen molar-refractivity contribution in [2.75, 3.05) is 0 Å².